The summed E-state index contributed by atoms with van der Waals surface area (Å²) in [5, 5.41) is 6.40. The Morgan fingerprint density at radius 1 is 0.939 bits per heavy atom. The van der Waals surface area contributed by atoms with Crippen molar-refractivity contribution in [2.75, 3.05) is 60.5 Å². The van der Waals surface area contributed by atoms with E-state index in [1.807, 2.05) is 28.0 Å². The molecule has 3 aliphatic heterocycles. The van der Waals surface area contributed by atoms with Crippen molar-refractivity contribution in [2.24, 2.45) is 5.10 Å². The molecule has 10 heteroatoms. The van der Waals surface area contributed by atoms with Crippen molar-refractivity contribution < 1.29 is 19.1 Å². The van der Waals surface area contributed by atoms with E-state index >= 15 is 0 Å². The lowest BCUT2D eigenvalue weighted by Crippen LogP contribution is -2.55. The summed E-state index contributed by atoms with van der Waals surface area (Å²) in [5.74, 6) is 1.36. The van der Waals surface area contributed by atoms with Gasteiger partial charge in [-0.15, -0.1) is 12.4 Å². The van der Waals surface area contributed by atoms with Gasteiger partial charge in [0.15, 0.2) is 11.5 Å². The highest BCUT2D eigenvalue weighted by Crippen LogP contribution is 2.30. The van der Waals surface area contributed by atoms with Crippen LogP contribution in [0.25, 0.3) is 0 Å². The molecule has 2 saturated heterocycles. The lowest BCUT2D eigenvalue weighted by Gasteiger charge is -2.41. The third kappa shape index (κ3) is 5.52. The van der Waals surface area contributed by atoms with Crippen LogP contribution in [0.15, 0.2) is 23.3 Å². The average Bonchev–Trinajstić information content (AvgIpc) is 2.84. The van der Waals surface area contributed by atoms with Gasteiger partial charge in [-0.1, -0.05) is 0 Å². The fourth-order valence-electron chi connectivity index (χ4n) is 4.58. The topological polar surface area (TPSA) is 77.9 Å². The Bertz CT molecular complexity index is 880. The van der Waals surface area contributed by atoms with E-state index in [1.165, 1.54) is 0 Å². The molecule has 0 aliphatic carbocycles. The molecule has 4 rings (SSSR count). The van der Waals surface area contributed by atoms with Crippen molar-refractivity contribution >= 4 is 30.1 Å². The maximum atomic E-state index is 12.9. The van der Waals surface area contributed by atoms with Crippen LogP contribution in [0.3, 0.4) is 0 Å². The van der Waals surface area contributed by atoms with E-state index < -0.39 is 0 Å². The third-order valence-electron chi connectivity index (χ3n) is 6.63. The number of carbonyl (C=O) groups excluding carboxylic acids is 2. The number of ether oxygens (including phenoxy) is 2. The van der Waals surface area contributed by atoms with Crippen LogP contribution in [-0.2, 0) is 4.79 Å². The summed E-state index contributed by atoms with van der Waals surface area (Å²) in [6, 6.07) is 5.86. The molecule has 3 heterocycles. The summed E-state index contributed by atoms with van der Waals surface area (Å²) in [6.45, 7) is 4.69. The first-order valence-corrected chi connectivity index (χ1v) is 11.3. The van der Waals surface area contributed by atoms with Crippen molar-refractivity contribution in [1.82, 2.24) is 19.7 Å². The Kier molecular flexibility index (Phi) is 8.42. The van der Waals surface area contributed by atoms with Crippen molar-refractivity contribution in [1.29, 1.82) is 0 Å². The van der Waals surface area contributed by atoms with Gasteiger partial charge < -0.3 is 24.2 Å². The molecular weight excluding hydrogens is 446 g/mol. The van der Waals surface area contributed by atoms with Gasteiger partial charge in [-0.3, -0.25) is 4.79 Å². The highest BCUT2D eigenvalue weighted by molar-refractivity contribution is 6.04. The first kappa shape index (κ1) is 25.1. The number of carbonyl (C=O) groups is 2. The molecule has 0 bridgehead atoms. The smallest absolute Gasteiger partial charge is 0.320 e. The molecule has 0 radical (unpaired) electrons. The number of amides is 3. The van der Waals surface area contributed by atoms with E-state index in [9.17, 15) is 9.59 Å². The maximum Gasteiger partial charge on any atom is 0.320 e. The van der Waals surface area contributed by atoms with E-state index in [-0.39, 0.29) is 30.4 Å². The van der Waals surface area contributed by atoms with E-state index in [4.69, 9.17) is 14.6 Å². The minimum absolute atomic E-state index is 0. The summed E-state index contributed by atoms with van der Waals surface area (Å²) in [5.41, 5.74) is 1.81. The fourth-order valence-corrected chi connectivity index (χ4v) is 4.58. The first-order valence-electron chi connectivity index (χ1n) is 11.3. The van der Waals surface area contributed by atoms with E-state index in [0.717, 1.165) is 50.3 Å². The highest BCUT2D eigenvalue weighted by Gasteiger charge is 2.34. The standard InChI is InChI=1S/C23H33N5O4.ClH/c1-25-12-14-27(15-13-25)23(30)26-10-8-18(9-11-26)28-22(29)7-5-19(24-28)17-4-6-20(31-2)21(16-17)32-3;/h4,6,16,18H,5,7-15H2,1-3H3;1H. The second-order valence-corrected chi connectivity index (χ2v) is 8.65. The van der Waals surface area contributed by atoms with Gasteiger partial charge in [0.1, 0.15) is 0 Å². The summed E-state index contributed by atoms with van der Waals surface area (Å²) in [4.78, 5) is 31.6. The predicted molar refractivity (Wildman–Crippen MR) is 128 cm³/mol. The van der Waals surface area contributed by atoms with Gasteiger partial charge >= 0.3 is 6.03 Å². The first-order chi connectivity index (χ1) is 15.5. The number of hydrogen-bond acceptors (Lipinski definition) is 6. The Balaban J connectivity index is 0.00000306. The fraction of sp³-hybridized carbons (Fsp3) is 0.609. The molecule has 0 aromatic heterocycles. The van der Waals surface area contributed by atoms with E-state index in [0.29, 0.717) is 37.4 Å². The van der Waals surface area contributed by atoms with Crippen molar-refractivity contribution in [3.63, 3.8) is 0 Å². The highest BCUT2D eigenvalue weighted by atomic mass is 35.5. The molecular formula is C23H34ClN5O4. The second-order valence-electron chi connectivity index (χ2n) is 8.65. The Labute approximate surface area is 201 Å². The molecule has 0 unspecified atom stereocenters. The summed E-state index contributed by atoms with van der Waals surface area (Å²) in [6.07, 6.45) is 2.53. The lowest BCUT2D eigenvalue weighted by molar-refractivity contribution is -0.135. The number of halogens is 1. The number of urea groups is 1. The molecule has 0 N–H and O–H groups in total. The quantitative estimate of drug-likeness (QED) is 0.662. The molecule has 0 spiro atoms. The van der Waals surface area contributed by atoms with Gasteiger partial charge in [0.2, 0.25) is 5.91 Å². The molecule has 1 aromatic rings. The normalized spacial score (nSPS) is 20.3. The number of hydrazone groups is 1. The van der Waals surface area contributed by atoms with Crippen LogP contribution in [0.5, 0.6) is 11.5 Å². The SMILES string of the molecule is COc1ccc(C2=NN(C3CCN(C(=O)N4CCN(C)CC4)CC3)C(=O)CC2)cc1OC.Cl. The molecule has 3 aliphatic rings. The molecule has 9 nitrogen and oxygen atoms in total. The van der Waals surface area contributed by atoms with Crippen LogP contribution in [0.1, 0.15) is 31.2 Å². The van der Waals surface area contributed by atoms with Gasteiger partial charge in [0, 0.05) is 57.7 Å². The minimum atomic E-state index is 0. The number of hydrogen-bond donors (Lipinski definition) is 0. The molecule has 3 amide bonds. The summed E-state index contributed by atoms with van der Waals surface area (Å²) >= 11 is 0. The molecule has 0 atom stereocenters. The molecule has 182 valence electrons. The zero-order valence-electron chi connectivity index (χ0n) is 19.7. The average molecular weight is 480 g/mol. The van der Waals surface area contributed by atoms with Crippen LogP contribution in [0, 0.1) is 0 Å². The number of piperazine rings is 1. The van der Waals surface area contributed by atoms with E-state index in [1.54, 1.807) is 19.2 Å². The zero-order chi connectivity index (χ0) is 22.7. The van der Waals surface area contributed by atoms with Crippen LogP contribution in [-0.4, -0.2) is 104 Å². The monoisotopic (exact) mass is 479 g/mol. The van der Waals surface area contributed by atoms with Gasteiger partial charge in [-0.2, -0.15) is 5.10 Å². The third-order valence-corrected chi connectivity index (χ3v) is 6.63. The van der Waals surface area contributed by atoms with Gasteiger partial charge in [0.05, 0.1) is 26.0 Å². The number of likely N-dealkylation sites (tertiary alicyclic amines) is 1. The van der Waals surface area contributed by atoms with Crippen molar-refractivity contribution in [2.45, 2.75) is 31.7 Å². The van der Waals surface area contributed by atoms with Gasteiger partial charge in [-0.25, -0.2) is 9.80 Å². The number of benzene rings is 1. The number of likely N-dealkylation sites (N-methyl/N-ethyl adjacent to an activating group) is 1. The minimum Gasteiger partial charge on any atom is -0.493 e. The Morgan fingerprint density at radius 3 is 2.21 bits per heavy atom. The number of piperidine rings is 1. The summed E-state index contributed by atoms with van der Waals surface area (Å²) < 4.78 is 10.7. The van der Waals surface area contributed by atoms with Crippen LogP contribution < -0.4 is 9.47 Å². The molecule has 33 heavy (non-hydrogen) atoms. The number of methoxy groups -OCH3 is 2. The largest absolute Gasteiger partial charge is 0.493 e. The Hall–Kier alpha value is -2.52. The Morgan fingerprint density at radius 2 is 1.58 bits per heavy atom. The molecule has 2 fully saturated rings. The number of rotatable bonds is 4. The zero-order valence-corrected chi connectivity index (χ0v) is 20.5. The van der Waals surface area contributed by atoms with Gasteiger partial charge in [0.25, 0.3) is 0 Å². The summed E-state index contributed by atoms with van der Waals surface area (Å²) in [7, 11) is 5.30. The lowest BCUT2D eigenvalue weighted by atomic mass is 10.0. The van der Waals surface area contributed by atoms with Crippen molar-refractivity contribution in [3.05, 3.63) is 23.8 Å². The molecule has 1 aromatic carbocycles. The van der Waals surface area contributed by atoms with Crippen molar-refractivity contribution in [3.8, 4) is 11.5 Å². The second kappa shape index (κ2) is 11.1. The van der Waals surface area contributed by atoms with Crippen LogP contribution >= 0.6 is 12.4 Å². The maximum absolute atomic E-state index is 12.9. The van der Waals surface area contributed by atoms with Crippen LogP contribution in [0.2, 0.25) is 0 Å². The van der Waals surface area contributed by atoms with Crippen LogP contribution in [0.4, 0.5) is 4.79 Å². The number of nitrogens with zero attached hydrogens (tertiary/aromatic N) is 5. The predicted octanol–water partition coefficient (Wildman–Crippen LogP) is 2.28. The molecule has 0 saturated carbocycles. The van der Waals surface area contributed by atoms with E-state index in [2.05, 4.69) is 11.9 Å². The van der Waals surface area contributed by atoms with Gasteiger partial charge in [-0.05, 0) is 38.1 Å².